The maximum Gasteiger partial charge on any atom is 0.00480 e. The molecule has 108 valence electrons. The summed E-state index contributed by atoms with van der Waals surface area (Å²) in [4.78, 5) is 1.52. The fourth-order valence-corrected chi connectivity index (χ4v) is 3.92. The zero-order chi connectivity index (χ0) is 14.5. The van der Waals surface area contributed by atoms with Crippen molar-refractivity contribution >= 4 is 22.1 Å². The Balaban J connectivity index is 1.76. The second-order valence-corrected chi connectivity index (χ2v) is 6.86. The van der Waals surface area contributed by atoms with Gasteiger partial charge in [0.05, 0.1) is 0 Å². The number of hydrogen-bond donors (Lipinski definition) is 0. The average molecular weight is 294 g/mol. The first-order valence-electron chi connectivity index (χ1n) is 7.85. The summed E-state index contributed by atoms with van der Waals surface area (Å²) in [5.41, 5.74) is 1.48. The van der Waals surface area contributed by atoms with Gasteiger partial charge in [0.1, 0.15) is 0 Å². The smallest absolute Gasteiger partial charge is 0.00480 e. The summed E-state index contributed by atoms with van der Waals surface area (Å²) in [6, 6.07) is 20.0. The van der Waals surface area contributed by atoms with Gasteiger partial charge in [-0.3, -0.25) is 0 Å². The van der Waals surface area contributed by atoms with Crippen molar-refractivity contribution in [3.05, 3.63) is 70.4 Å². The van der Waals surface area contributed by atoms with E-state index in [0.29, 0.717) is 0 Å². The molecule has 0 saturated heterocycles. The van der Waals surface area contributed by atoms with Crippen LogP contribution < -0.4 is 0 Å². The first-order valence-corrected chi connectivity index (χ1v) is 8.73. The second kappa shape index (κ2) is 6.91. The third kappa shape index (κ3) is 3.74. The predicted octanol–water partition coefficient (Wildman–Crippen LogP) is 6.10. The summed E-state index contributed by atoms with van der Waals surface area (Å²) < 4.78 is 0. The lowest BCUT2D eigenvalue weighted by Gasteiger charge is -2.16. The average Bonchev–Trinajstić information content (AvgIpc) is 3.00. The van der Waals surface area contributed by atoms with Gasteiger partial charge in [-0.1, -0.05) is 68.3 Å². The molecule has 0 aliphatic heterocycles. The van der Waals surface area contributed by atoms with Crippen molar-refractivity contribution in [3.8, 4) is 0 Å². The Hall–Kier alpha value is -1.60. The van der Waals surface area contributed by atoms with E-state index in [1.165, 1.54) is 46.9 Å². The molecule has 0 amide bonds. The highest BCUT2D eigenvalue weighted by molar-refractivity contribution is 7.09. The highest BCUT2D eigenvalue weighted by Gasteiger charge is 2.11. The first-order chi connectivity index (χ1) is 10.3. The molecule has 1 aromatic heterocycles. The Morgan fingerprint density at radius 2 is 1.76 bits per heavy atom. The van der Waals surface area contributed by atoms with Crippen molar-refractivity contribution < 1.29 is 0 Å². The fraction of sp³-hybridized carbons (Fsp3) is 0.300. The van der Waals surface area contributed by atoms with Crippen molar-refractivity contribution in [2.75, 3.05) is 0 Å². The third-order valence-electron chi connectivity index (χ3n) is 4.11. The van der Waals surface area contributed by atoms with Gasteiger partial charge in [-0.05, 0) is 46.5 Å². The van der Waals surface area contributed by atoms with Gasteiger partial charge in [-0.25, -0.2) is 0 Å². The van der Waals surface area contributed by atoms with Crippen molar-refractivity contribution in [2.45, 2.75) is 32.6 Å². The molecule has 3 rings (SSSR count). The van der Waals surface area contributed by atoms with Crippen LogP contribution >= 0.6 is 11.3 Å². The molecule has 1 atom stereocenters. The van der Waals surface area contributed by atoms with E-state index < -0.39 is 0 Å². The number of rotatable bonds is 6. The highest BCUT2D eigenvalue weighted by Crippen LogP contribution is 2.24. The van der Waals surface area contributed by atoms with E-state index in [0.717, 1.165) is 5.92 Å². The molecule has 0 radical (unpaired) electrons. The molecule has 0 saturated carbocycles. The number of fused-ring (bicyclic) bond motifs is 1. The second-order valence-electron chi connectivity index (χ2n) is 5.82. The molecule has 1 heteroatoms. The Morgan fingerprint density at radius 1 is 0.905 bits per heavy atom. The van der Waals surface area contributed by atoms with E-state index in [2.05, 4.69) is 66.9 Å². The molecule has 3 aromatic rings. The van der Waals surface area contributed by atoms with Crippen molar-refractivity contribution in [1.29, 1.82) is 0 Å². The minimum atomic E-state index is 0.759. The summed E-state index contributed by atoms with van der Waals surface area (Å²) >= 11 is 1.89. The van der Waals surface area contributed by atoms with Gasteiger partial charge in [-0.2, -0.15) is 0 Å². The first kappa shape index (κ1) is 14.3. The summed E-state index contributed by atoms with van der Waals surface area (Å²) in [6.45, 7) is 2.29. The van der Waals surface area contributed by atoms with Gasteiger partial charge >= 0.3 is 0 Å². The predicted molar refractivity (Wildman–Crippen MR) is 94.1 cm³/mol. The van der Waals surface area contributed by atoms with Crippen LogP contribution in [-0.4, -0.2) is 0 Å². The van der Waals surface area contributed by atoms with Crippen LogP contribution in [0.1, 0.15) is 30.2 Å². The third-order valence-corrected chi connectivity index (χ3v) is 5.00. The summed E-state index contributed by atoms with van der Waals surface area (Å²) in [5, 5.41) is 4.89. The zero-order valence-electron chi connectivity index (χ0n) is 12.6. The SMILES string of the molecule is CCCC(Cc1ccc2ccccc2c1)Cc1cccs1. The molecule has 2 aromatic carbocycles. The molecule has 1 unspecified atom stereocenters. The van der Waals surface area contributed by atoms with Crippen molar-refractivity contribution in [3.63, 3.8) is 0 Å². The van der Waals surface area contributed by atoms with E-state index in [1.807, 2.05) is 11.3 Å². The lowest BCUT2D eigenvalue weighted by atomic mass is 9.90. The molecule has 0 nitrogen and oxygen atoms in total. The van der Waals surface area contributed by atoms with Crippen LogP contribution in [-0.2, 0) is 12.8 Å². The van der Waals surface area contributed by atoms with E-state index in [-0.39, 0.29) is 0 Å². The molecule has 0 spiro atoms. The molecule has 0 aliphatic rings. The molecule has 0 aliphatic carbocycles. The Bertz CT molecular complexity index is 682. The molecule has 1 heterocycles. The standard InChI is InChI=1S/C20H22S/c1-2-6-16(15-20-9-5-12-21-20)13-17-10-11-18-7-3-4-8-19(18)14-17/h3-5,7-12,14,16H,2,6,13,15H2,1H3. The molecule has 21 heavy (non-hydrogen) atoms. The van der Waals surface area contributed by atoms with Gasteiger partial charge in [0.2, 0.25) is 0 Å². The molecule has 0 bridgehead atoms. The Morgan fingerprint density at radius 3 is 2.52 bits per heavy atom. The Kier molecular flexibility index (Phi) is 4.72. The van der Waals surface area contributed by atoms with Crippen LogP contribution in [0.3, 0.4) is 0 Å². The quantitative estimate of drug-likeness (QED) is 0.515. The summed E-state index contributed by atoms with van der Waals surface area (Å²) in [5.74, 6) is 0.759. The topological polar surface area (TPSA) is 0 Å². The molecular formula is C20H22S. The van der Waals surface area contributed by atoms with Crippen LogP contribution in [0.25, 0.3) is 10.8 Å². The number of hydrogen-bond acceptors (Lipinski definition) is 1. The van der Waals surface area contributed by atoms with Gasteiger partial charge in [0.15, 0.2) is 0 Å². The van der Waals surface area contributed by atoms with E-state index in [9.17, 15) is 0 Å². The summed E-state index contributed by atoms with van der Waals surface area (Å²) in [7, 11) is 0. The van der Waals surface area contributed by atoms with E-state index in [4.69, 9.17) is 0 Å². The lowest BCUT2D eigenvalue weighted by molar-refractivity contribution is 0.477. The summed E-state index contributed by atoms with van der Waals surface area (Å²) in [6.07, 6.45) is 4.99. The maximum atomic E-state index is 2.37. The minimum Gasteiger partial charge on any atom is -0.149 e. The number of benzene rings is 2. The van der Waals surface area contributed by atoms with Crippen LogP contribution in [0.5, 0.6) is 0 Å². The lowest BCUT2D eigenvalue weighted by Crippen LogP contribution is -2.07. The maximum absolute atomic E-state index is 2.37. The fourth-order valence-electron chi connectivity index (χ4n) is 3.10. The van der Waals surface area contributed by atoms with Crippen molar-refractivity contribution in [1.82, 2.24) is 0 Å². The van der Waals surface area contributed by atoms with Crippen LogP contribution in [0, 0.1) is 5.92 Å². The van der Waals surface area contributed by atoms with Gasteiger partial charge in [0, 0.05) is 4.88 Å². The highest BCUT2D eigenvalue weighted by atomic mass is 32.1. The molecule has 0 fully saturated rings. The zero-order valence-corrected chi connectivity index (χ0v) is 13.4. The van der Waals surface area contributed by atoms with Gasteiger partial charge < -0.3 is 0 Å². The minimum absolute atomic E-state index is 0.759. The number of thiophene rings is 1. The molecule has 0 N–H and O–H groups in total. The van der Waals surface area contributed by atoms with Crippen LogP contribution in [0.4, 0.5) is 0 Å². The normalized spacial score (nSPS) is 12.6. The van der Waals surface area contributed by atoms with Crippen LogP contribution in [0.2, 0.25) is 0 Å². The van der Waals surface area contributed by atoms with Gasteiger partial charge in [-0.15, -0.1) is 11.3 Å². The monoisotopic (exact) mass is 294 g/mol. The Labute approximate surface area is 131 Å². The van der Waals surface area contributed by atoms with E-state index in [1.54, 1.807) is 0 Å². The van der Waals surface area contributed by atoms with E-state index >= 15 is 0 Å². The van der Waals surface area contributed by atoms with Crippen LogP contribution in [0.15, 0.2) is 60.0 Å². The van der Waals surface area contributed by atoms with Crippen molar-refractivity contribution in [2.24, 2.45) is 5.92 Å². The molecular weight excluding hydrogens is 272 g/mol. The van der Waals surface area contributed by atoms with Gasteiger partial charge in [0.25, 0.3) is 0 Å². The largest absolute Gasteiger partial charge is 0.149 e.